The molecular weight excluding hydrogens is 354 g/mol. The average molecular weight is 377 g/mol. The summed E-state index contributed by atoms with van der Waals surface area (Å²) in [5.74, 6) is -0.226. The molecule has 6 nitrogen and oxygen atoms in total. The van der Waals surface area contributed by atoms with Crippen LogP contribution in [0.1, 0.15) is 47.8 Å². The Labute approximate surface area is 164 Å². The number of hydrogen-bond donors (Lipinski definition) is 1. The SMILES string of the molecule is CC(C)(C)OC(=O)N1CCc2cc(NC(=O)c3ccc(C#N)cc3)ccc2C1. The van der Waals surface area contributed by atoms with Gasteiger partial charge in [0.05, 0.1) is 11.6 Å². The van der Waals surface area contributed by atoms with Crippen LogP contribution in [0, 0.1) is 11.3 Å². The van der Waals surface area contributed by atoms with Gasteiger partial charge in [0.2, 0.25) is 0 Å². The fourth-order valence-electron chi connectivity index (χ4n) is 3.01. The number of carbonyl (C=O) groups is 2. The first-order chi connectivity index (χ1) is 13.2. The highest BCUT2D eigenvalue weighted by Gasteiger charge is 2.25. The third kappa shape index (κ3) is 4.68. The zero-order chi connectivity index (χ0) is 20.3. The van der Waals surface area contributed by atoms with Crippen LogP contribution in [0.4, 0.5) is 10.5 Å². The normalized spacial score (nSPS) is 13.3. The molecule has 0 spiro atoms. The van der Waals surface area contributed by atoms with Gasteiger partial charge in [-0.05, 0) is 74.7 Å². The van der Waals surface area contributed by atoms with E-state index >= 15 is 0 Å². The highest BCUT2D eigenvalue weighted by atomic mass is 16.6. The van der Waals surface area contributed by atoms with E-state index in [1.807, 2.05) is 45.0 Å². The molecule has 0 fully saturated rings. The van der Waals surface area contributed by atoms with Gasteiger partial charge in [0.1, 0.15) is 5.60 Å². The van der Waals surface area contributed by atoms with Gasteiger partial charge in [-0.1, -0.05) is 6.07 Å². The van der Waals surface area contributed by atoms with E-state index in [0.717, 1.165) is 11.1 Å². The van der Waals surface area contributed by atoms with E-state index in [0.29, 0.717) is 36.3 Å². The molecule has 2 aromatic carbocycles. The molecule has 1 aliphatic heterocycles. The van der Waals surface area contributed by atoms with Crippen molar-refractivity contribution in [3.63, 3.8) is 0 Å². The standard InChI is InChI=1S/C22H23N3O3/c1-22(2,3)28-21(27)25-11-10-17-12-19(9-8-18(17)14-25)24-20(26)16-6-4-15(13-23)5-7-16/h4-9,12H,10-11,14H2,1-3H3,(H,24,26). The lowest BCUT2D eigenvalue weighted by Crippen LogP contribution is -2.39. The monoisotopic (exact) mass is 377 g/mol. The van der Waals surface area contributed by atoms with Crippen LogP contribution in [0.2, 0.25) is 0 Å². The highest BCUT2D eigenvalue weighted by Crippen LogP contribution is 2.24. The van der Waals surface area contributed by atoms with Crippen LogP contribution >= 0.6 is 0 Å². The number of rotatable bonds is 2. The summed E-state index contributed by atoms with van der Waals surface area (Å²) in [5.41, 5.74) is 3.36. The lowest BCUT2D eigenvalue weighted by Gasteiger charge is -2.31. The highest BCUT2D eigenvalue weighted by molar-refractivity contribution is 6.04. The van der Waals surface area contributed by atoms with E-state index in [-0.39, 0.29) is 12.0 Å². The number of nitrogens with zero attached hydrogens (tertiary/aromatic N) is 2. The van der Waals surface area contributed by atoms with E-state index < -0.39 is 5.60 Å². The second kappa shape index (κ2) is 7.73. The Morgan fingerprint density at radius 3 is 2.46 bits per heavy atom. The number of nitriles is 1. The summed E-state index contributed by atoms with van der Waals surface area (Å²) in [5, 5.41) is 11.7. The molecule has 0 atom stereocenters. The number of carbonyl (C=O) groups excluding carboxylic acids is 2. The van der Waals surface area contributed by atoms with Gasteiger partial charge in [-0.3, -0.25) is 4.79 Å². The van der Waals surface area contributed by atoms with Crippen LogP contribution in [0.3, 0.4) is 0 Å². The molecule has 28 heavy (non-hydrogen) atoms. The largest absolute Gasteiger partial charge is 0.444 e. The maximum Gasteiger partial charge on any atom is 0.410 e. The van der Waals surface area contributed by atoms with Crippen molar-refractivity contribution in [3.05, 3.63) is 64.7 Å². The molecule has 0 aromatic heterocycles. The van der Waals surface area contributed by atoms with E-state index in [4.69, 9.17) is 10.00 Å². The quantitative estimate of drug-likeness (QED) is 0.854. The lowest BCUT2D eigenvalue weighted by atomic mass is 9.99. The molecular formula is C22H23N3O3. The fraction of sp³-hybridized carbons (Fsp3) is 0.318. The Morgan fingerprint density at radius 1 is 1.11 bits per heavy atom. The number of nitrogens with one attached hydrogen (secondary N) is 1. The maximum atomic E-state index is 12.4. The number of ether oxygens (including phenoxy) is 1. The van der Waals surface area contributed by atoms with E-state index in [2.05, 4.69) is 5.32 Å². The van der Waals surface area contributed by atoms with Crippen LogP contribution in [0.15, 0.2) is 42.5 Å². The summed E-state index contributed by atoms with van der Waals surface area (Å²) in [6, 6.07) is 14.2. The molecule has 0 saturated carbocycles. The molecule has 2 amide bonds. The van der Waals surface area contributed by atoms with Crippen LogP contribution in [0.25, 0.3) is 0 Å². The van der Waals surface area contributed by atoms with Crippen molar-refractivity contribution in [3.8, 4) is 6.07 Å². The summed E-state index contributed by atoms with van der Waals surface area (Å²) >= 11 is 0. The van der Waals surface area contributed by atoms with E-state index in [1.54, 1.807) is 29.2 Å². The first kappa shape index (κ1) is 19.4. The summed E-state index contributed by atoms with van der Waals surface area (Å²) in [4.78, 5) is 26.4. The summed E-state index contributed by atoms with van der Waals surface area (Å²) in [7, 11) is 0. The van der Waals surface area contributed by atoms with Gasteiger partial charge < -0.3 is 15.0 Å². The number of benzene rings is 2. The fourth-order valence-corrected chi connectivity index (χ4v) is 3.01. The average Bonchev–Trinajstić information content (AvgIpc) is 2.66. The van der Waals surface area contributed by atoms with Gasteiger partial charge in [-0.15, -0.1) is 0 Å². The molecule has 6 heteroatoms. The molecule has 144 valence electrons. The third-order valence-corrected chi connectivity index (χ3v) is 4.40. The van der Waals surface area contributed by atoms with E-state index in [9.17, 15) is 9.59 Å². The van der Waals surface area contributed by atoms with Crippen molar-refractivity contribution in [1.29, 1.82) is 5.26 Å². The summed E-state index contributed by atoms with van der Waals surface area (Å²) in [6.45, 7) is 6.63. The Kier molecular flexibility index (Phi) is 5.36. The first-order valence-electron chi connectivity index (χ1n) is 9.16. The zero-order valence-corrected chi connectivity index (χ0v) is 16.3. The number of fused-ring (bicyclic) bond motifs is 1. The number of amides is 2. The van der Waals surface area contributed by atoms with Crippen molar-refractivity contribution in [2.24, 2.45) is 0 Å². The second-order valence-electron chi connectivity index (χ2n) is 7.78. The Bertz CT molecular complexity index is 937. The summed E-state index contributed by atoms with van der Waals surface area (Å²) < 4.78 is 5.44. The van der Waals surface area contributed by atoms with Crippen LogP contribution in [-0.2, 0) is 17.7 Å². The van der Waals surface area contributed by atoms with Crippen molar-refractivity contribution in [1.82, 2.24) is 4.90 Å². The number of anilines is 1. The molecule has 1 N–H and O–H groups in total. The van der Waals surface area contributed by atoms with Gasteiger partial charge in [0.25, 0.3) is 5.91 Å². The molecule has 3 rings (SSSR count). The van der Waals surface area contributed by atoms with Gasteiger partial charge in [0.15, 0.2) is 0 Å². The molecule has 0 bridgehead atoms. The van der Waals surface area contributed by atoms with Crippen molar-refractivity contribution >= 4 is 17.7 Å². The molecule has 1 aliphatic rings. The molecule has 0 unspecified atom stereocenters. The lowest BCUT2D eigenvalue weighted by molar-refractivity contribution is 0.0224. The molecule has 2 aromatic rings. The predicted octanol–water partition coefficient (Wildman–Crippen LogP) is 4.10. The first-order valence-corrected chi connectivity index (χ1v) is 9.16. The van der Waals surface area contributed by atoms with Gasteiger partial charge in [0, 0.05) is 24.3 Å². The smallest absolute Gasteiger partial charge is 0.410 e. The minimum Gasteiger partial charge on any atom is -0.444 e. The Balaban J connectivity index is 1.67. The molecule has 0 saturated heterocycles. The third-order valence-electron chi connectivity index (χ3n) is 4.40. The van der Waals surface area contributed by atoms with Crippen LogP contribution < -0.4 is 5.32 Å². The minimum absolute atomic E-state index is 0.226. The van der Waals surface area contributed by atoms with Crippen LogP contribution in [0.5, 0.6) is 0 Å². The predicted molar refractivity (Wildman–Crippen MR) is 106 cm³/mol. The topological polar surface area (TPSA) is 82.4 Å². The van der Waals surface area contributed by atoms with E-state index in [1.165, 1.54) is 0 Å². The molecule has 0 aliphatic carbocycles. The van der Waals surface area contributed by atoms with Crippen molar-refractivity contribution in [2.75, 3.05) is 11.9 Å². The minimum atomic E-state index is -0.517. The van der Waals surface area contributed by atoms with Crippen LogP contribution in [-0.4, -0.2) is 29.0 Å². The van der Waals surface area contributed by atoms with Gasteiger partial charge >= 0.3 is 6.09 Å². The van der Waals surface area contributed by atoms with Gasteiger partial charge in [-0.25, -0.2) is 4.79 Å². The molecule has 1 heterocycles. The van der Waals surface area contributed by atoms with Crippen molar-refractivity contribution in [2.45, 2.75) is 39.3 Å². The maximum absolute atomic E-state index is 12.4. The van der Waals surface area contributed by atoms with Crippen molar-refractivity contribution < 1.29 is 14.3 Å². The summed E-state index contributed by atoms with van der Waals surface area (Å²) in [6.07, 6.45) is 0.395. The zero-order valence-electron chi connectivity index (χ0n) is 16.3. The van der Waals surface area contributed by atoms with Gasteiger partial charge in [-0.2, -0.15) is 5.26 Å². The Morgan fingerprint density at radius 2 is 1.82 bits per heavy atom. The molecule has 0 radical (unpaired) electrons. The number of hydrogen-bond acceptors (Lipinski definition) is 4. The second-order valence-corrected chi connectivity index (χ2v) is 7.78. The Hall–Kier alpha value is -3.33.